The van der Waals surface area contributed by atoms with Crippen molar-refractivity contribution in [2.24, 2.45) is 5.92 Å². The third-order valence-electron chi connectivity index (χ3n) is 4.42. The third kappa shape index (κ3) is 3.61. The average Bonchev–Trinajstić information content (AvgIpc) is 3.44. The first kappa shape index (κ1) is 16.9. The molecule has 0 unspecified atom stereocenters. The lowest BCUT2D eigenvalue weighted by molar-refractivity contribution is -0.125. The summed E-state index contributed by atoms with van der Waals surface area (Å²) in [5, 5.41) is 12.6. The molecule has 2 aromatic rings. The number of hydrogen-bond donors (Lipinski definition) is 1. The normalized spacial score (nSPS) is 15.9. The maximum atomic E-state index is 12.4. The first-order valence-corrected chi connectivity index (χ1v) is 8.19. The number of pyridine rings is 1. The minimum atomic E-state index is -0.899. The smallest absolute Gasteiger partial charge is 0.339 e. The van der Waals surface area contributed by atoms with E-state index in [0.29, 0.717) is 22.2 Å². The van der Waals surface area contributed by atoms with E-state index < -0.39 is 24.0 Å². The second-order valence-corrected chi connectivity index (χ2v) is 6.54. The number of fused-ring (bicyclic) bond motifs is 1. The molecule has 0 spiro atoms. The summed E-state index contributed by atoms with van der Waals surface area (Å²) in [5.41, 5.74) is 0.871. The molecule has 25 heavy (non-hydrogen) atoms. The van der Waals surface area contributed by atoms with E-state index in [-0.39, 0.29) is 5.92 Å². The van der Waals surface area contributed by atoms with Gasteiger partial charge in [0.05, 0.1) is 17.1 Å². The van der Waals surface area contributed by atoms with Crippen LogP contribution >= 0.6 is 0 Å². The van der Waals surface area contributed by atoms with Gasteiger partial charge in [0, 0.05) is 11.1 Å². The molecule has 1 heterocycles. The number of aryl methyl sites for hydroxylation is 1. The van der Waals surface area contributed by atoms with Crippen LogP contribution in [0.4, 0.5) is 0 Å². The summed E-state index contributed by atoms with van der Waals surface area (Å²) >= 11 is 0. The van der Waals surface area contributed by atoms with Gasteiger partial charge < -0.3 is 10.1 Å². The number of esters is 1. The highest BCUT2D eigenvalue weighted by Crippen LogP contribution is 2.39. The van der Waals surface area contributed by atoms with E-state index in [1.807, 2.05) is 18.2 Å². The SMILES string of the molecule is Cc1cc(C(=O)OCC(=O)N[C@](C)(C#N)C2CC2)c2ccccc2n1. The van der Waals surface area contributed by atoms with Crippen LogP contribution in [0, 0.1) is 24.2 Å². The summed E-state index contributed by atoms with van der Waals surface area (Å²) in [6, 6.07) is 11.1. The topological polar surface area (TPSA) is 92.1 Å². The molecule has 1 fully saturated rings. The molecule has 0 aliphatic heterocycles. The van der Waals surface area contributed by atoms with Gasteiger partial charge in [-0.15, -0.1) is 0 Å². The number of aromatic nitrogens is 1. The lowest BCUT2D eigenvalue weighted by Gasteiger charge is -2.22. The molecule has 6 heteroatoms. The Morgan fingerprint density at radius 1 is 1.40 bits per heavy atom. The fraction of sp³-hybridized carbons (Fsp3) is 0.368. The van der Waals surface area contributed by atoms with Gasteiger partial charge in [0.15, 0.2) is 6.61 Å². The predicted octanol–water partition coefficient (Wildman–Crippen LogP) is 2.51. The Morgan fingerprint density at radius 2 is 2.12 bits per heavy atom. The van der Waals surface area contributed by atoms with E-state index in [1.54, 1.807) is 26.0 Å². The quantitative estimate of drug-likeness (QED) is 0.846. The molecule has 128 valence electrons. The van der Waals surface area contributed by atoms with Gasteiger partial charge in [0.2, 0.25) is 0 Å². The van der Waals surface area contributed by atoms with E-state index in [4.69, 9.17) is 4.74 Å². The van der Waals surface area contributed by atoms with Crippen LogP contribution in [-0.4, -0.2) is 29.0 Å². The van der Waals surface area contributed by atoms with Crippen molar-refractivity contribution in [3.63, 3.8) is 0 Å². The zero-order valence-corrected chi connectivity index (χ0v) is 14.2. The van der Waals surface area contributed by atoms with Crippen molar-refractivity contribution >= 4 is 22.8 Å². The van der Waals surface area contributed by atoms with E-state index in [2.05, 4.69) is 16.4 Å². The molecule has 0 radical (unpaired) electrons. The Balaban J connectivity index is 1.69. The molecule has 1 aliphatic rings. The fourth-order valence-electron chi connectivity index (χ4n) is 2.89. The number of rotatable bonds is 5. The highest BCUT2D eigenvalue weighted by atomic mass is 16.5. The van der Waals surface area contributed by atoms with Crippen LogP contribution < -0.4 is 5.32 Å². The van der Waals surface area contributed by atoms with Gasteiger partial charge >= 0.3 is 5.97 Å². The van der Waals surface area contributed by atoms with E-state index >= 15 is 0 Å². The fourth-order valence-corrected chi connectivity index (χ4v) is 2.89. The monoisotopic (exact) mass is 337 g/mol. The summed E-state index contributed by atoms with van der Waals surface area (Å²) in [4.78, 5) is 28.8. The van der Waals surface area contributed by atoms with Crippen molar-refractivity contribution in [3.05, 3.63) is 41.6 Å². The van der Waals surface area contributed by atoms with E-state index in [1.165, 1.54) is 0 Å². The Labute approximate surface area is 145 Å². The highest BCUT2D eigenvalue weighted by Gasteiger charge is 2.43. The zero-order chi connectivity index (χ0) is 18.0. The predicted molar refractivity (Wildman–Crippen MR) is 91.6 cm³/mol. The summed E-state index contributed by atoms with van der Waals surface area (Å²) in [7, 11) is 0. The molecular weight excluding hydrogens is 318 g/mol. The molecule has 1 saturated carbocycles. The number of carbonyl (C=O) groups excluding carboxylic acids is 2. The molecule has 1 N–H and O–H groups in total. The number of benzene rings is 1. The van der Waals surface area contributed by atoms with Gasteiger partial charge in [-0.2, -0.15) is 5.26 Å². The molecule has 1 aromatic heterocycles. The second kappa shape index (κ2) is 6.52. The number of amides is 1. The molecule has 0 saturated heterocycles. The van der Waals surface area contributed by atoms with Crippen molar-refractivity contribution in [3.8, 4) is 6.07 Å². The second-order valence-electron chi connectivity index (χ2n) is 6.54. The van der Waals surface area contributed by atoms with E-state index in [9.17, 15) is 14.9 Å². The maximum Gasteiger partial charge on any atom is 0.339 e. The van der Waals surface area contributed by atoms with Crippen LogP contribution in [0.1, 0.15) is 35.8 Å². The minimum Gasteiger partial charge on any atom is -0.452 e. The number of ether oxygens (including phenoxy) is 1. The molecule has 6 nitrogen and oxygen atoms in total. The molecular formula is C19H19N3O3. The van der Waals surface area contributed by atoms with Gasteiger partial charge in [-0.1, -0.05) is 18.2 Å². The lowest BCUT2D eigenvalue weighted by Crippen LogP contribution is -2.48. The zero-order valence-electron chi connectivity index (χ0n) is 14.2. The molecule has 3 rings (SSSR count). The van der Waals surface area contributed by atoms with Crippen molar-refractivity contribution in [2.75, 3.05) is 6.61 Å². The summed E-state index contributed by atoms with van der Waals surface area (Å²) in [5.74, 6) is -0.884. The summed E-state index contributed by atoms with van der Waals surface area (Å²) in [6.07, 6.45) is 1.85. The largest absolute Gasteiger partial charge is 0.452 e. The minimum absolute atomic E-state index is 0.170. The molecule has 1 atom stereocenters. The van der Waals surface area contributed by atoms with Crippen LogP contribution in [0.15, 0.2) is 30.3 Å². The lowest BCUT2D eigenvalue weighted by atomic mass is 9.98. The first-order chi connectivity index (χ1) is 11.9. The maximum absolute atomic E-state index is 12.4. The number of nitrogens with one attached hydrogen (secondary N) is 1. The van der Waals surface area contributed by atoms with Gasteiger partial charge in [0.1, 0.15) is 5.54 Å². The Hall–Kier alpha value is -2.94. The van der Waals surface area contributed by atoms with Gasteiger partial charge in [-0.3, -0.25) is 9.78 Å². The van der Waals surface area contributed by atoms with Crippen LogP contribution in [0.2, 0.25) is 0 Å². The molecule has 1 aliphatic carbocycles. The molecule has 1 amide bonds. The van der Waals surface area contributed by atoms with Crippen LogP contribution in [0.5, 0.6) is 0 Å². The molecule has 1 aromatic carbocycles. The Kier molecular flexibility index (Phi) is 4.41. The van der Waals surface area contributed by atoms with Crippen LogP contribution in [0.3, 0.4) is 0 Å². The Morgan fingerprint density at radius 3 is 2.80 bits per heavy atom. The van der Waals surface area contributed by atoms with Crippen molar-refractivity contribution < 1.29 is 14.3 Å². The Bertz CT molecular complexity index is 883. The van der Waals surface area contributed by atoms with Crippen molar-refractivity contribution in [1.82, 2.24) is 10.3 Å². The summed E-state index contributed by atoms with van der Waals surface area (Å²) in [6.45, 7) is 3.08. The van der Waals surface area contributed by atoms with Crippen LogP contribution in [-0.2, 0) is 9.53 Å². The third-order valence-corrected chi connectivity index (χ3v) is 4.42. The molecule has 0 bridgehead atoms. The van der Waals surface area contributed by atoms with Gasteiger partial charge in [0.25, 0.3) is 5.91 Å². The van der Waals surface area contributed by atoms with Gasteiger partial charge in [-0.05, 0) is 44.7 Å². The number of carbonyl (C=O) groups is 2. The number of para-hydroxylation sites is 1. The van der Waals surface area contributed by atoms with Crippen LogP contribution in [0.25, 0.3) is 10.9 Å². The highest BCUT2D eigenvalue weighted by molar-refractivity contribution is 6.04. The standard InChI is InChI=1S/C19H19N3O3/c1-12-9-15(14-5-3-4-6-16(14)21-12)18(24)25-10-17(23)22-19(2,11-20)13-7-8-13/h3-6,9,13H,7-8,10H2,1-2H3,(H,22,23)/t19-/m1/s1. The van der Waals surface area contributed by atoms with E-state index in [0.717, 1.165) is 12.8 Å². The number of nitriles is 1. The van der Waals surface area contributed by atoms with Crippen molar-refractivity contribution in [2.45, 2.75) is 32.2 Å². The number of hydrogen-bond acceptors (Lipinski definition) is 5. The first-order valence-electron chi connectivity index (χ1n) is 8.19. The summed E-state index contributed by atoms with van der Waals surface area (Å²) < 4.78 is 5.16. The average molecular weight is 337 g/mol. The van der Waals surface area contributed by atoms with Gasteiger partial charge in [-0.25, -0.2) is 4.79 Å². The number of nitrogens with zero attached hydrogens (tertiary/aromatic N) is 2. The van der Waals surface area contributed by atoms with Crippen molar-refractivity contribution in [1.29, 1.82) is 5.26 Å².